The van der Waals surface area contributed by atoms with Crippen molar-refractivity contribution in [2.45, 2.75) is 5.16 Å². The number of aryl methyl sites for hydroxylation is 1. The number of benzene rings is 1. The number of imidazole rings is 1. The summed E-state index contributed by atoms with van der Waals surface area (Å²) in [6.45, 7) is 0. The Balaban J connectivity index is 2.78. The van der Waals surface area contributed by atoms with Crippen molar-refractivity contribution in [3.63, 3.8) is 0 Å². The first kappa shape index (κ1) is 10.9. The second kappa shape index (κ2) is 3.46. The quantitative estimate of drug-likeness (QED) is 0.789. The predicted molar refractivity (Wildman–Crippen MR) is 57.1 cm³/mol. The molecule has 16 heavy (non-hydrogen) atoms. The molecule has 0 fully saturated rings. The third kappa shape index (κ3) is 1.63. The van der Waals surface area contributed by atoms with Gasteiger partial charge < -0.3 is 9.30 Å². The third-order valence-electron chi connectivity index (χ3n) is 2.28. The van der Waals surface area contributed by atoms with Gasteiger partial charge in [-0.15, -0.1) is 0 Å². The lowest BCUT2D eigenvalue weighted by Crippen LogP contribution is -2.06. The summed E-state index contributed by atoms with van der Waals surface area (Å²) >= 11 is 0. The van der Waals surface area contributed by atoms with E-state index in [2.05, 4.69) is 4.98 Å². The highest BCUT2D eigenvalue weighted by atomic mass is 32.2. The molecule has 0 saturated carbocycles. The van der Waals surface area contributed by atoms with Crippen LogP contribution in [0.25, 0.3) is 11.0 Å². The zero-order valence-electron chi connectivity index (χ0n) is 8.71. The molecule has 0 saturated heterocycles. The van der Waals surface area contributed by atoms with Gasteiger partial charge in [0.2, 0.25) is 0 Å². The van der Waals surface area contributed by atoms with Gasteiger partial charge in [-0.3, -0.25) is 4.55 Å². The number of rotatable bonds is 2. The number of nitrogens with zero attached hydrogens (tertiary/aromatic N) is 2. The van der Waals surface area contributed by atoms with Crippen LogP contribution in [0.4, 0.5) is 0 Å². The topological polar surface area (TPSA) is 81.4 Å². The van der Waals surface area contributed by atoms with Crippen molar-refractivity contribution in [3.8, 4) is 5.75 Å². The Morgan fingerprint density at radius 1 is 1.44 bits per heavy atom. The Morgan fingerprint density at radius 3 is 2.69 bits per heavy atom. The van der Waals surface area contributed by atoms with Crippen LogP contribution in [-0.2, 0) is 17.2 Å². The van der Waals surface area contributed by atoms with Gasteiger partial charge in [-0.25, -0.2) is 4.98 Å². The minimum atomic E-state index is -4.30. The van der Waals surface area contributed by atoms with E-state index >= 15 is 0 Å². The highest BCUT2D eigenvalue weighted by Crippen LogP contribution is 2.22. The van der Waals surface area contributed by atoms with E-state index in [1.807, 2.05) is 0 Å². The molecule has 1 N–H and O–H groups in total. The minimum absolute atomic E-state index is 0.379. The summed E-state index contributed by atoms with van der Waals surface area (Å²) in [5, 5.41) is -0.379. The summed E-state index contributed by atoms with van der Waals surface area (Å²) in [5.74, 6) is 0.576. The summed E-state index contributed by atoms with van der Waals surface area (Å²) in [7, 11) is -1.28. The Hall–Kier alpha value is -1.60. The smallest absolute Gasteiger partial charge is 0.328 e. The summed E-state index contributed by atoms with van der Waals surface area (Å²) in [6.07, 6.45) is 0. The number of fused-ring (bicyclic) bond motifs is 1. The summed E-state index contributed by atoms with van der Waals surface area (Å²) in [5.41, 5.74) is 1.06. The standard InChI is InChI=1S/C9H10N2O4S/c1-11-8-4-3-6(15-2)5-7(8)10-9(11)16(12,13)14/h3-5H,1-2H3,(H,12,13,14). The molecule has 0 atom stereocenters. The molecule has 0 aliphatic rings. The average molecular weight is 242 g/mol. The maximum absolute atomic E-state index is 11.0. The van der Waals surface area contributed by atoms with Crippen LogP contribution in [-0.4, -0.2) is 29.6 Å². The number of ether oxygens (including phenoxy) is 1. The van der Waals surface area contributed by atoms with Gasteiger partial charge >= 0.3 is 10.1 Å². The molecule has 1 heterocycles. The van der Waals surface area contributed by atoms with Crippen LogP contribution in [0.5, 0.6) is 5.75 Å². The van der Waals surface area contributed by atoms with Gasteiger partial charge in [-0.1, -0.05) is 0 Å². The van der Waals surface area contributed by atoms with Gasteiger partial charge in [0, 0.05) is 13.1 Å². The first-order valence-electron chi connectivity index (χ1n) is 4.41. The van der Waals surface area contributed by atoms with Crippen LogP contribution in [0.3, 0.4) is 0 Å². The van der Waals surface area contributed by atoms with Gasteiger partial charge in [-0.2, -0.15) is 8.42 Å². The van der Waals surface area contributed by atoms with Gasteiger partial charge in [0.25, 0.3) is 5.16 Å². The Labute approximate surface area is 92.2 Å². The van der Waals surface area contributed by atoms with Gasteiger partial charge in [-0.05, 0) is 12.1 Å². The molecule has 2 rings (SSSR count). The predicted octanol–water partition coefficient (Wildman–Crippen LogP) is 0.829. The molecule has 0 bridgehead atoms. The van der Waals surface area contributed by atoms with E-state index < -0.39 is 10.1 Å². The lowest BCUT2D eigenvalue weighted by atomic mass is 10.3. The normalized spacial score (nSPS) is 11.9. The van der Waals surface area contributed by atoms with Crippen molar-refractivity contribution in [2.24, 2.45) is 7.05 Å². The molecule has 0 amide bonds. The van der Waals surface area contributed by atoms with Crippen LogP contribution in [0.2, 0.25) is 0 Å². The molecular weight excluding hydrogens is 232 g/mol. The van der Waals surface area contributed by atoms with E-state index in [0.29, 0.717) is 16.8 Å². The van der Waals surface area contributed by atoms with Crippen LogP contribution in [0, 0.1) is 0 Å². The highest BCUT2D eigenvalue weighted by molar-refractivity contribution is 7.85. The van der Waals surface area contributed by atoms with E-state index in [1.165, 1.54) is 18.7 Å². The van der Waals surface area contributed by atoms with Crippen molar-refractivity contribution in [3.05, 3.63) is 18.2 Å². The molecule has 0 aliphatic heterocycles. The number of methoxy groups -OCH3 is 1. The summed E-state index contributed by atoms with van der Waals surface area (Å²) in [4.78, 5) is 3.84. The van der Waals surface area contributed by atoms with Crippen LogP contribution >= 0.6 is 0 Å². The molecule has 2 aromatic rings. The second-order valence-electron chi connectivity index (χ2n) is 3.28. The van der Waals surface area contributed by atoms with E-state index in [1.54, 1.807) is 18.2 Å². The zero-order valence-corrected chi connectivity index (χ0v) is 9.52. The Bertz CT molecular complexity index is 645. The largest absolute Gasteiger partial charge is 0.497 e. The molecular formula is C9H10N2O4S. The van der Waals surface area contributed by atoms with Crippen LogP contribution in [0.1, 0.15) is 0 Å². The summed E-state index contributed by atoms with van der Waals surface area (Å²) < 4.78 is 37.3. The van der Waals surface area contributed by atoms with Crippen molar-refractivity contribution in [2.75, 3.05) is 7.11 Å². The van der Waals surface area contributed by atoms with E-state index in [-0.39, 0.29) is 5.16 Å². The molecule has 86 valence electrons. The van der Waals surface area contributed by atoms with E-state index in [4.69, 9.17) is 9.29 Å². The lowest BCUT2D eigenvalue weighted by Gasteiger charge is -1.99. The average Bonchev–Trinajstić information content (AvgIpc) is 2.55. The Morgan fingerprint density at radius 2 is 2.12 bits per heavy atom. The van der Waals surface area contributed by atoms with E-state index in [9.17, 15) is 8.42 Å². The lowest BCUT2D eigenvalue weighted by molar-refractivity contribution is 0.415. The highest BCUT2D eigenvalue weighted by Gasteiger charge is 2.19. The fourth-order valence-electron chi connectivity index (χ4n) is 1.52. The maximum atomic E-state index is 11.0. The van der Waals surface area contributed by atoms with Crippen molar-refractivity contribution < 1.29 is 17.7 Å². The molecule has 0 aliphatic carbocycles. The van der Waals surface area contributed by atoms with Gasteiger partial charge in [0.05, 0.1) is 18.1 Å². The van der Waals surface area contributed by atoms with Crippen molar-refractivity contribution >= 4 is 21.2 Å². The molecule has 1 aromatic heterocycles. The van der Waals surface area contributed by atoms with Gasteiger partial charge in [0.15, 0.2) is 0 Å². The minimum Gasteiger partial charge on any atom is -0.497 e. The second-order valence-corrected chi connectivity index (χ2v) is 4.60. The number of aromatic nitrogens is 2. The van der Waals surface area contributed by atoms with Crippen molar-refractivity contribution in [1.82, 2.24) is 9.55 Å². The van der Waals surface area contributed by atoms with E-state index in [0.717, 1.165) is 0 Å². The van der Waals surface area contributed by atoms with Gasteiger partial charge in [0.1, 0.15) is 5.75 Å². The molecule has 0 radical (unpaired) electrons. The molecule has 1 aromatic carbocycles. The first-order chi connectivity index (χ1) is 7.43. The molecule has 6 nitrogen and oxygen atoms in total. The molecule has 0 spiro atoms. The van der Waals surface area contributed by atoms with Crippen LogP contribution < -0.4 is 4.74 Å². The monoisotopic (exact) mass is 242 g/mol. The van der Waals surface area contributed by atoms with Crippen molar-refractivity contribution in [1.29, 1.82) is 0 Å². The summed E-state index contributed by atoms with van der Waals surface area (Å²) in [6, 6.07) is 4.97. The fourth-order valence-corrected chi connectivity index (χ4v) is 2.17. The first-order valence-corrected chi connectivity index (χ1v) is 5.85. The molecule has 0 unspecified atom stereocenters. The fraction of sp³-hybridized carbons (Fsp3) is 0.222. The SMILES string of the molecule is COc1ccc2c(c1)nc(S(=O)(=O)O)n2C. The Kier molecular flexibility index (Phi) is 2.36. The van der Waals surface area contributed by atoms with Crippen LogP contribution in [0.15, 0.2) is 23.4 Å². The number of hydrogen-bond acceptors (Lipinski definition) is 4. The molecule has 7 heteroatoms. The number of hydrogen-bond donors (Lipinski definition) is 1. The maximum Gasteiger partial charge on any atom is 0.328 e. The zero-order chi connectivity index (χ0) is 11.9. The third-order valence-corrected chi connectivity index (χ3v) is 3.10.